The first-order valence-electron chi connectivity index (χ1n) is 7.92. The monoisotopic (exact) mass is 276 g/mol. The molecule has 3 heteroatoms. The predicted octanol–water partition coefficient (Wildman–Crippen LogP) is 2.49. The number of ether oxygens (including phenoxy) is 1. The van der Waals surface area contributed by atoms with Crippen molar-refractivity contribution >= 4 is 0 Å². The smallest absolute Gasteiger partial charge is 0.122 e. The molecule has 2 rings (SSSR count). The fraction of sp³-hybridized carbons (Fsp3) is 0.647. The van der Waals surface area contributed by atoms with Crippen molar-refractivity contribution in [2.75, 3.05) is 39.8 Å². The number of unbranched alkanes of at least 4 members (excludes halogenated alkanes) is 1. The third-order valence-electron chi connectivity index (χ3n) is 4.13. The van der Waals surface area contributed by atoms with Crippen LogP contribution in [0, 0.1) is 0 Å². The molecule has 0 aliphatic carbocycles. The van der Waals surface area contributed by atoms with Crippen LogP contribution in [0.1, 0.15) is 30.9 Å². The second-order valence-corrected chi connectivity index (χ2v) is 5.55. The molecule has 0 unspecified atom stereocenters. The molecule has 0 aromatic heterocycles. The van der Waals surface area contributed by atoms with Gasteiger partial charge in [-0.3, -0.25) is 0 Å². The van der Waals surface area contributed by atoms with E-state index in [4.69, 9.17) is 4.74 Å². The minimum Gasteiger partial charge on any atom is -0.496 e. The van der Waals surface area contributed by atoms with Gasteiger partial charge in [0.1, 0.15) is 5.75 Å². The van der Waals surface area contributed by atoms with Crippen LogP contribution in [-0.4, -0.2) is 44.7 Å². The van der Waals surface area contributed by atoms with Crippen LogP contribution in [0.3, 0.4) is 0 Å². The molecule has 1 aromatic rings. The molecule has 3 nitrogen and oxygen atoms in total. The summed E-state index contributed by atoms with van der Waals surface area (Å²) < 4.78 is 5.47. The molecular weight excluding hydrogens is 248 g/mol. The molecule has 0 bridgehead atoms. The second kappa shape index (κ2) is 8.28. The van der Waals surface area contributed by atoms with E-state index in [9.17, 15) is 0 Å². The molecule has 1 aromatic carbocycles. The lowest BCUT2D eigenvalue weighted by Crippen LogP contribution is -2.43. The van der Waals surface area contributed by atoms with Gasteiger partial charge >= 0.3 is 0 Å². The quantitative estimate of drug-likeness (QED) is 0.774. The van der Waals surface area contributed by atoms with E-state index in [2.05, 4.69) is 35.3 Å². The molecule has 20 heavy (non-hydrogen) atoms. The van der Waals surface area contributed by atoms with E-state index in [-0.39, 0.29) is 0 Å². The molecule has 1 aliphatic heterocycles. The van der Waals surface area contributed by atoms with Gasteiger partial charge in [-0.2, -0.15) is 0 Å². The fourth-order valence-corrected chi connectivity index (χ4v) is 2.83. The van der Waals surface area contributed by atoms with Crippen LogP contribution in [0.25, 0.3) is 0 Å². The Hall–Kier alpha value is -1.06. The van der Waals surface area contributed by atoms with Gasteiger partial charge in [0.05, 0.1) is 7.11 Å². The summed E-state index contributed by atoms with van der Waals surface area (Å²) in [6, 6.07) is 6.59. The number of aryl methyl sites for hydroxylation is 2. The zero-order chi connectivity index (χ0) is 14.2. The Kier molecular flexibility index (Phi) is 6.34. The molecule has 0 spiro atoms. The summed E-state index contributed by atoms with van der Waals surface area (Å²) in [4.78, 5) is 2.57. The summed E-state index contributed by atoms with van der Waals surface area (Å²) in [5, 5.41) is 3.40. The molecular formula is C17H28N2O. The van der Waals surface area contributed by atoms with E-state index in [0.29, 0.717) is 0 Å². The number of rotatable bonds is 7. The van der Waals surface area contributed by atoms with Crippen molar-refractivity contribution in [3.63, 3.8) is 0 Å². The molecule has 0 radical (unpaired) electrons. The molecule has 1 aliphatic rings. The Morgan fingerprint density at radius 3 is 2.70 bits per heavy atom. The van der Waals surface area contributed by atoms with Gasteiger partial charge in [0.2, 0.25) is 0 Å². The Bertz CT molecular complexity index is 400. The highest BCUT2D eigenvalue weighted by Crippen LogP contribution is 2.22. The molecule has 0 saturated carbocycles. The van der Waals surface area contributed by atoms with Crippen molar-refractivity contribution in [1.29, 1.82) is 0 Å². The number of methoxy groups -OCH3 is 1. The summed E-state index contributed by atoms with van der Waals surface area (Å²) in [6.07, 6.45) is 4.74. The molecule has 1 fully saturated rings. The molecule has 1 N–H and O–H groups in total. The predicted molar refractivity (Wildman–Crippen MR) is 84.6 cm³/mol. The van der Waals surface area contributed by atoms with Gasteiger partial charge in [-0.1, -0.05) is 19.1 Å². The van der Waals surface area contributed by atoms with Gasteiger partial charge in [0, 0.05) is 26.2 Å². The van der Waals surface area contributed by atoms with Crippen molar-refractivity contribution in [2.45, 2.75) is 32.6 Å². The van der Waals surface area contributed by atoms with Crippen LogP contribution in [-0.2, 0) is 12.8 Å². The van der Waals surface area contributed by atoms with Crippen LogP contribution < -0.4 is 10.1 Å². The number of hydrogen-bond acceptors (Lipinski definition) is 3. The van der Waals surface area contributed by atoms with Gasteiger partial charge in [0.25, 0.3) is 0 Å². The van der Waals surface area contributed by atoms with E-state index in [0.717, 1.165) is 31.7 Å². The van der Waals surface area contributed by atoms with Crippen molar-refractivity contribution < 1.29 is 4.74 Å². The number of nitrogens with one attached hydrogen (secondary N) is 1. The van der Waals surface area contributed by atoms with Gasteiger partial charge in [-0.05, 0) is 49.4 Å². The number of benzene rings is 1. The summed E-state index contributed by atoms with van der Waals surface area (Å²) in [6.45, 7) is 8.13. The molecule has 0 amide bonds. The normalized spacial score (nSPS) is 16.3. The van der Waals surface area contributed by atoms with Crippen molar-refractivity contribution in [2.24, 2.45) is 0 Å². The summed E-state index contributed by atoms with van der Waals surface area (Å²) in [5.74, 6) is 1.05. The average Bonchev–Trinajstić information content (AvgIpc) is 2.52. The van der Waals surface area contributed by atoms with E-state index in [1.54, 1.807) is 7.11 Å². The first-order valence-corrected chi connectivity index (χ1v) is 7.92. The van der Waals surface area contributed by atoms with Gasteiger partial charge in [0.15, 0.2) is 0 Å². The van der Waals surface area contributed by atoms with Crippen LogP contribution in [0.15, 0.2) is 18.2 Å². The maximum absolute atomic E-state index is 5.47. The first kappa shape index (κ1) is 15.3. The highest BCUT2D eigenvalue weighted by Gasteiger charge is 2.09. The lowest BCUT2D eigenvalue weighted by Gasteiger charge is -2.27. The van der Waals surface area contributed by atoms with Crippen molar-refractivity contribution in [1.82, 2.24) is 10.2 Å². The zero-order valence-corrected chi connectivity index (χ0v) is 13.0. The second-order valence-electron chi connectivity index (χ2n) is 5.55. The Balaban J connectivity index is 1.77. The standard InChI is InChI=1S/C17H28N2O/c1-3-15-7-8-17(20-2)16(14-15)6-4-5-11-19-12-9-18-10-13-19/h7-8,14,18H,3-6,9-13H2,1-2H3. The van der Waals surface area contributed by atoms with E-state index in [1.165, 1.54) is 43.6 Å². The maximum Gasteiger partial charge on any atom is 0.122 e. The largest absolute Gasteiger partial charge is 0.496 e. The Labute approximate surface area is 123 Å². The third kappa shape index (κ3) is 4.50. The maximum atomic E-state index is 5.47. The van der Waals surface area contributed by atoms with Crippen LogP contribution in [0.2, 0.25) is 0 Å². The lowest BCUT2D eigenvalue weighted by molar-refractivity contribution is 0.236. The highest BCUT2D eigenvalue weighted by molar-refractivity contribution is 5.37. The lowest BCUT2D eigenvalue weighted by atomic mass is 10.0. The summed E-state index contributed by atoms with van der Waals surface area (Å²) in [5.41, 5.74) is 2.77. The number of nitrogens with zero attached hydrogens (tertiary/aromatic N) is 1. The van der Waals surface area contributed by atoms with Gasteiger partial charge in [-0.25, -0.2) is 0 Å². The highest BCUT2D eigenvalue weighted by atomic mass is 16.5. The zero-order valence-electron chi connectivity index (χ0n) is 13.0. The molecule has 1 saturated heterocycles. The Morgan fingerprint density at radius 2 is 2.00 bits per heavy atom. The SMILES string of the molecule is CCc1ccc(OC)c(CCCCN2CCNCC2)c1. The minimum atomic E-state index is 1.05. The van der Waals surface area contributed by atoms with Crippen molar-refractivity contribution in [3.05, 3.63) is 29.3 Å². The van der Waals surface area contributed by atoms with Crippen LogP contribution >= 0.6 is 0 Å². The first-order chi connectivity index (χ1) is 9.83. The third-order valence-corrected chi connectivity index (χ3v) is 4.13. The van der Waals surface area contributed by atoms with E-state index >= 15 is 0 Å². The summed E-state index contributed by atoms with van der Waals surface area (Å²) >= 11 is 0. The number of hydrogen-bond donors (Lipinski definition) is 1. The number of piperazine rings is 1. The topological polar surface area (TPSA) is 24.5 Å². The Morgan fingerprint density at radius 1 is 1.20 bits per heavy atom. The van der Waals surface area contributed by atoms with Crippen LogP contribution in [0.5, 0.6) is 5.75 Å². The fourth-order valence-electron chi connectivity index (χ4n) is 2.83. The molecule has 0 atom stereocenters. The molecule has 112 valence electrons. The van der Waals surface area contributed by atoms with Gasteiger partial charge in [-0.15, -0.1) is 0 Å². The molecule has 1 heterocycles. The van der Waals surface area contributed by atoms with Gasteiger partial charge < -0.3 is 15.0 Å². The van der Waals surface area contributed by atoms with E-state index < -0.39 is 0 Å². The summed E-state index contributed by atoms with van der Waals surface area (Å²) in [7, 11) is 1.77. The average molecular weight is 276 g/mol. The van der Waals surface area contributed by atoms with Crippen LogP contribution in [0.4, 0.5) is 0 Å². The minimum absolute atomic E-state index is 1.05. The van der Waals surface area contributed by atoms with Crippen molar-refractivity contribution in [3.8, 4) is 5.75 Å². The van der Waals surface area contributed by atoms with E-state index in [1.807, 2.05) is 0 Å².